The second-order valence-corrected chi connectivity index (χ2v) is 8.10. The molecule has 2 aromatic carbocycles. The zero-order chi connectivity index (χ0) is 19.4. The van der Waals surface area contributed by atoms with E-state index < -0.39 is 17.9 Å². The van der Waals surface area contributed by atoms with E-state index in [0.717, 1.165) is 19.4 Å². The maximum atomic E-state index is 13.4. The monoisotopic (exact) mass is 394 g/mol. The van der Waals surface area contributed by atoms with Gasteiger partial charge in [-0.1, -0.05) is 41.9 Å². The van der Waals surface area contributed by atoms with Crippen LogP contribution in [0.1, 0.15) is 23.2 Å². The molecule has 0 bridgehead atoms. The lowest BCUT2D eigenvalue weighted by Crippen LogP contribution is -2.46. The Morgan fingerprint density at radius 2 is 1.61 bits per heavy atom. The summed E-state index contributed by atoms with van der Waals surface area (Å²) < 4.78 is 0. The van der Waals surface area contributed by atoms with Crippen molar-refractivity contribution in [3.8, 4) is 0 Å². The number of halogens is 1. The molecule has 5 nitrogen and oxygen atoms in total. The maximum absolute atomic E-state index is 13.4. The van der Waals surface area contributed by atoms with Crippen LogP contribution in [0.2, 0.25) is 5.02 Å². The number of carbonyl (C=O) groups is 3. The van der Waals surface area contributed by atoms with Crippen LogP contribution in [0.5, 0.6) is 0 Å². The number of rotatable bonds is 3. The van der Waals surface area contributed by atoms with Gasteiger partial charge in [0.05, 0.1) is 23.6 Å². The molecule has 0 aromatic heterocycles. The van der Waals surface area contributed by atoms with E-state index in [0.29, 0.717) is 16.3 Å². The van der Waals surface area contributed by atoms with Gasteiger partial charge >= 0.3 is 0 Å². The quantitative estimate of drug-likeness (QED) is 0.592. The predicted molar refractivity (Wildman–Crippen MR) is 105 cm³/mol. The van der Waals surface area contributed by atoms with Crippen molar-refractivity contribution in [2.45, 2.75) is 24.9 Å². The zero-order valence-corrected chi connectivity index (χ0v) is 15.9. The van der Waals surface area contributed by atoms with Crippen LogP contribution in [0.15, 0.2) is 54.6 Å². The second-order valence-electron chi connectivity index (χ2n) is 7.66. The highest BCUT2D eigenvalue weighted by Crippen LogP contribution is 2.48. The van der Waals surface area contributed by atoms with E-state index in [9.17, 15) is 14.4 Å². The van der Waals surface area contributed by atoms with Crippen molar-refractivity contribution in [2.75, 3.05) is 11.4 Å². The third kappa shape index (κ3) is 2.46. The summed E-state index contributed by atoms with van der Waals surface area (Å²) in [5.74, 6) is -1.62. The van der Waals surface area contributed by atoms with Crippen molar-refractivity contribution in [3.63, 3.8) is 0 Å². The Labute approximate surface area is 167 Å². The molecule has 28 heavy (non-hydrogen) atoms. The van der Waals surface area contributed by atoms with Crippen molar-refractivity contribution >= 4 is 34.9 Å². The minimum absolute atomic E-state index is 0.0450. The lowest BCUT2D eigenvalue weighted by atomic mass is 9.85. The van der Waals surface area contributed by atoms with E-state index in [4.69, 9.17) is 11.6 Å². The van der Waals surface area contributed by atoms with Gasteiger partial charge in [0.1, 0.15) is 0 Å². The molecule has 0 N–H and O–H groups in total. The maximum Gasteiger partial charge on any atom is 0.239 e. The molecule has 4 atom stereocenters. The highest BCUT2D eigenvalue weighted by Gasteiger charge is 2.64. The molecule has 3 heterocycles. The summed E-state index contributed by atoms with van der Waals surface area (Å²) >= 11 is 5.95. The Kier molecular flexibility index (Phi) is 4.11. The molecule has 3 fully saturated rings. The minimum Gasteiger partial charge on any atom is -0.292 e. The standard InChI is InChI=1S/C22H19ClN2O3/c23-14-8-10-15(11-9-14)25-21(27)17-16-7-4-12-24(16)19(18(17)22(25)28)20(26)13-5-2-1-3-6-13/h1-3,5-6,8-11,16-19H,4,7,12H2/t16-,17-,18-,19+/m1/s1. The van der Waals surface area contributed by atoms with Crippen molar-refractivity contribution in [2.24, 2.45) is 11.8 Å². The molecule has 3 aliphatic rings. The third-order valence-corrected chi connectivity index (χ3v) is 6.52. The fourth-order valence-corrected chi connectivity index (χ4v) is 5.26. The van der Waals surface area contributed by atoms with E-state index in [1.165, 1.54) is 4.90 Å². The van der Waals surface area contributed by atoms with Gasteiger partial charge in [-0.15, -0.1) is 0 Å². The number of ketones is 1. The van der Waals surface area contributed by atoms with Gasteiger partial charge in [0.25, 0.3) is 0 Å². The predicted octanol–water partition coefficient (Wildman–Crippen LogP) is 3.18. The summed E-state index contributed by atoms with van der Waals surface area (Å²) in [7, 11) is 0. The highest BCUT2D eigenvalue weighted by atomic mass is 35.5. The average Bonchev–Trinajstić information content (AvgIpc) is 3.35. The van der Waals surface area contributed by atoms with E-state index >= 15 is 0 Å². The molecule has 3 saturated heterocycles. The van der Waals surface area contributed by atoms with E-state index in [2.05, 4.69) is 4.90 Å². The SMILES string of the molecule is O=C(c1ccccc1)[C@@H]1[C@@H]2C(=O)N(c3ccc(Cl)cc3)C(=O)[C@@H]2[C@H]2CCCN21. The van der Waals surface area contributed by atoms with Gasteiger partial charge in [-0.2, -0.15) is 0 Å². The zero-order valence-electron chi connectivity index (χ0n) is 15.1. The van der Waals surface area contributed by atoms with E-state index in [1.807, 2.05) is 18.2 Å². The number of fused-ring (bicyclic) bond motifs is 3. The molecule has 0 spiro atoms. The molecule has 0 radical (unpaired) electrons. The number of nitrogens with zero attached hydrogens (tertiary/aromatic N) is 2. The summed E-state index contributed by atoms with van der Waals surface area (Å²) in [6.07, 6.45) is 1.78. The normalized spacial score (nSPS) is 29.2. The summed E-state index contributed by atoms with van der Waals surface area (Å²) in [5.41, 5.74) is 1.10. The van der Waals surface area contributed by atoms with Gasteiger partial charge in [0.15, 0.2) is 5.78 Å². The van der Waals surface area contributed by atoms with E-state index in [1.54, 1.807) is 36.4 Å². The van der Waals surface area contributed by atoms with Gasteiger partial charge in [-0.25, -0.2) is 4.90 Å². The van der Waals surface area contributed by atoms with Crippen molar-refractivity contribution in [1.29, 1.82) is 0 Å². The van der Waals surface area contributed by atoms with E-state index in [-0.39, 0.29) is 23.6 Å². The number of carbonyl (C=O) groups excluding carboxylic acids is 3. The summed E-state index contributed by atoms with van der Waals surface area (Å²) in [6, 6.07) is 15.1. The fraction of sp³-hybridized carbons (Fsp3) is 0.318. The molecule has 0 saturated carbocycles. The first-order chi connectivity index (χ1) is 13.6. The van der Waals surface area contributed by atoms with Crippen molar-refractivity contribution < 1.29 is 14.4 Å². The number of amides is 2. The summed E-state index contributed by atoms with van der Waals surface area (Å²) in [4.78, 5) is 43.3. The molecule has 142 valence electrons. The average molecular weight is 395 g/mol. The van der Waals surface area contributed by atoms with Crippen LogP contribution >= 0.6 is 11.6 Å². The summed E-state index contributed by atoms with van der Waals surface area (Å²) in [6.45, 7) is 0.752. The van der Waals surface area contributed by atoms with Crippen molar-refractivity contribution in [3.05, 3.63) is 65.2 Å². The second kappa shape index (κ2) is 6.54. The molecule has 2 amide bonds. The van der Waals surface area contributed by atoms with Crippen LogP contribution < -0.4 is 4.90 Å². The summed E-state index contributed by atoms with van der Waals surface area (Å²) in [5, 5.41) is 0.544. The topological polar surface area (TPSA) is 57.7 Å². The lowest BCUT2D eigenvalue weighted by Gasteiger charge is -2.27. The number of benzene rings is 2. The van der Waals surface area contributed by atoms with Gasteiger partial charge in [0, 0.05) is 16.6 Å². The highest BCUT2D eigenvalue weighted by molar-refractivity contribution is 6.31. The Hall–Kier alpha value is -2.50. The Bertz CT molecular complexity index is 960. The number of hydrogen-bond acceptors (Lipinski definition) is 4. The Morgan fingerprint density at radius 1 is 0.929 bits per heavy atom. The van der Waals surface area contributed by atoms with Crippen LogP contribution in [0, 0.1) is 11.8 Å². The first-order valence-electron chi connectivity index (χ1n) is 9.56. The molecular formula is C22H19ClN2O3. The third-order valence-electron chi connectivity index (χ3n) is 6.26. The molecule has 0 unspecified atom stereocenters. The van der Waals surface area contributed by atoms with Crippen molar-refractivity contribution in [1.82, 2.24) is 4.90 Å². The molecular weight excluding hydrogens is 376 g/mol. The Morgan fingerprint density at radius 3 is 2.32 bits per heavy atom. The number of anilines is 1. The number of Topliss-reactive ketones (excluding diaryl/α,β-unsaturated/α-hetero) is 1. The molecule has 6 heteroatoms. The number of hydrogen-bond donors (Lipinski definition) is 0. The smallest absolute Gasteiger partial charge is 0.239 e. The van der Waals surface area contributed by atoms with Gasteiger partial charge in [0.2, 0.25) is 11.8 Å². The first kappa shape index (κ1) is 17.6. The van der Waals surface area contributed by atoms with Crippen LogP contribution in [0.25, 0.3) is 0 Å². The van der Waals surface area contributed by atoms with Crippen LogP contribution in [-0.4, -0.2) is 41.1 Å². The van der Waals surface area contributed by atoms with Crippen LogP contribution in [-0.2, 0) is 9.59 Å². The van der Waals surface area contributed by atoms with Gasteiger partial charge in [-0.3, -0.25) is 19.3 Å². The number of imide groups is 1. The fourth-order valence-electron chi connectivity index (χ4n) is 5.13. The Balaban J connectivity index is 1.55. The molecule has 3 aliphatic heterocycles. The first-order valence-corrected chi connectivity index (χ1v) is 9.94. The molecule has 0 aliphatic carbocycles. The lowest BCUT2D eigenvalue weighted by molar-refractivity contribution is -0.123. The van der Waals surface area contributed by atoms with Gasteiger partial charge in [-0.05, 0) is 43.7 Å². The molecule has 5 rings (SSSR count). The van der Waals surface area contributed by atoms with Crippen LogP contribution in [0.4, 0.5) is 5.69 Å². The molecule has 2 aromatic rings. The van der Waals surface area contributed by atoms with Crippen LogP contribution in [0.3, 0.4) is 0 Å². The minimum atomic E-state index is -0.624. The largest absolute Gasteiger partial charge is 0.292 e. The van der Waals surface area contributed by atoms with Gasteiger partial charge < -0.3 is 0 Å².